The Hall–Kier alpha value is -2.24. The lowest BCUT2D eigenvalue weighted by atomic mass is 9.70. The normalized spacial score (nSPS) is 15.9. The first-order valence-electron chi connectivity index (χ1n) is 7.82. The molecule has 6 heteroatoms. The van der Waals surface area contributed by atoms with E-state index in [9.17, 15) is 19.2 Å². The highest BCUT2D eigenvalue weighted by molar-refractivity contribution is 6.25. The van der Waals surface area contributed by atoms with Gasteiger partial charge in [-0.3, -0.25) is 19.2 Å². The summed E-state index contributed by atoms with van der Waals surface area (Å²) in [5.41, 5.74) is 0.243. The average Bonchev–Trinajstić information content (AvgIpc) is 2.42. The number of Topliss-reactive ketones (excluding diaryl/α,β-unsaturated/α-hetero) is 2. The van der Waals surface area contributed by atoms with Crippen molar-refractivity contribution in [2.75, 3.05) is 14.1 Å². The van der Waals surface area contributed by atoms with Crippen molar-refractivity contribution in [1.29, 1.82) is 0 Å². The summed E-state index contributed by atoms with van der Waals surface area (Å²) in [7, 11) is 3.26. The maximum Gasteiger partial charge on any atom is 0.304 e. The number of hydrogen-bond acceptors (Lipinski definition) is 4. The summed E-state index contributed by atoms with van der Waals surface area (Å²) < 4.78 is 0. The van der Waals surface area contributed by atoms with E-state index in [0.717, 1.165) is 0 Å². The molecule has 0 unspecified atom stereocenters. The predicted molar refractivity (Wildman–Crippen MR) is 89.4 cm³/mol. The monoisotopic (exact) mass is 335 g/mol. The van der Waals surface area contributed by atoms with E-state index >= 15 is 0 Å². The molecule has 0 saturated heterocycles. The summed E-state index contributed by atoms with van der Waals surface area (Å²) in [5, 5.41) is 9.09. The Morgan fingerprint density at radius 3 is 2.04 bits per heavy atom. The number of carboxylic acids is 1. The Labute approximate surface area is 142 Å². The van der Waals surface area contributed by atoms with Crippen LogP contribution in [-0.2, 0) is 19.2 Å². The van der Waals surface area contributed by atoms with Gasteiger partial charge in [0, 0.05) is 48.2 Å². The number of carboxylic acid groups (broad SMARTS) is 1. The van der Waals surface area contributed by atoms with Crippen molar-refractivity contribution in [3.63, 3.8) is 0 Å². The summed E-state index contributed by atoms with van der Waals surface area (Å²) in [4.78, 5) is 49.7. The molecule has 0 aromatic heterocycles. The van der Waals surface area contributed by atoms with E-state index in [1.54, 1.807) is 41.8 Å². The van der Waals surface area contributed by atoms with Crippen molar-refractivity contribution in [2.45, 2.75) is 47.0 Å². The molecule has 0 bridgehead atoms. The number of carbonyl (C=O) groups excluding carboxylic acids is 3. The highest BCUT2D eigenvalue weighted by Crippen LogP contribution is 2.39. The standard InChI is InChI=1S/C18H25NO5/c1-10-12(7-8-13(20)19(5)6)17(24)15(11(2)16(10)23)18(3,4)9-14(21)22/h7-9H2,1-6H3,(H,21,22). The number of allylic oxidation sites excluding steroid dienone is 4. The van der Waals surface area contributed by atoms with Crippen LogP contribution in [0.3, 0.4) is 0 Å². The van der Waals surface area contributed by atoms with Crippen LogP contribution in [0.4, 0.5) is 0 Å². The van der Waals surface area contributed by atoms with Crippen molar-refractivity contribution < 1.29 is 24.3 Å². The smallest absolute Gasteiger partial charge is 0.304 e. The third-order valence-corrected chi connectivity index (χ3v) is 4.37. The van der Waals surface area contributed by atoms with Crippen LogP contribution in [0.25, 0.3) is 0 Å². The topological polar surface area (TPSA) is 91.8 Å². The van der Waals surface area contributed by atoms with Crippen LogP contribution in [-0.4, -0.2) is 47.5 Å². The number of aliphatic carboxylic acids is 1. The van der Waals surface area contributed by atoms with Crippen molar-refractivity contribution >= 4 is 23.4 Å². The highest BCUT2D eigenvalue weighted by atomic mass is 16.4. The van der Waals surface area contributed by atoms with Gasteiger partial charge in [0.1, 0.15) is 0 Å². The fraction of sp³-hybridized carbons (Fsp3) is 0.556. The van der Waals surface area contributed by atoms with Gasteiger partial charge >= 0.3 is 5.97 Å². The maximum absolute atomic E-state index is 12.9. The molecule has 1 aliphatic carbocycles. The molecule has 132 valence electrons. The van der Waals surface area contributed by atoms with Crippen LogP contribution in [0, 0.1) is 5.41 Å². The minimum absolute atomic E-state index is 0.129. The summed E-state index contributed by atoms with van der Waals surface area (Å²) in [6.45, 7) is 6.44. The first-order chi connectivity index (χ1) is 10.9. The lowest BCUT2D eigenvalue weighted by Gasteiger charge is -2.31. The Morgan fingerprint density at radius 2 is 1.58 bits per heavy atom. The van der Waals surface area contributed by atoms with Crippen molar-refractivity contribution in [2.24, 2.45) is 5.41 Å². The molecule has 0 aliphatic heterocycles. The largest absolute Gasteiger partial charge is 0.481 e. The lowest BCUT2D eigenvalue weighted by Crippen LogP contribution is -2.32. The molecule has 0 aromatic rings. The Bertz CT molecular complexity index is 665. The van der Waals surface area contributed by atoms with Gasteiger partial charge in [-0.25, -0.2) is 0 Å². The molecule has 0 fully saturated rings. The van der Waals surface area contributed by atoms with E-state index in [2.05, 4.69) is 0 Å². The third kappa shape index (κ3) is 3.99. The zero-order valence-corrected chi connectivity index (χ0v) is 15.1. The van der Waals surface area contributed by atoms with Crippen LogP contribution in [0.1, 0.15) is 47.0 Å². The van der Waals surface area contributed by atoms with Crippen LogP contribution in [0.2, 0.25) is 0 Å². The highest BCUT2D eigenvalue weighted by Gasteiger charge is 2.39. The third-order valence-electron chi connectivity index (χ3n) is 4.37. The van der Waals surface area contributed by atoms with Crippen molar-refractivity contribution in [3.8, 4) is 0 Å². The number of amides is 1. The number of ketones is 2. The average molecular weight is 335 g/mol. The SMILES string of the molecule is CC1=C(CCC(=O)N(C)C)C(=O)C(C(C)(C)CC(=O)O)=C(C)C1=O. The lowest BCUT2D eigenvalue weighted by molar-refractivity contribution is -0.139. The zero-order valence-electron chi connectivity index (χ0n) is 15.1. The van der Waals surface area contributed by atoms with E-state index in [1.165, 1.54) is 4.90 Å². The fourth-order valence-electron chi connectivity index (χ4n) is 3.06. The number of hydrogen-bond donors (Lipinski definition) is 1. The molecule has 0 radical (unpaired) electrons. The van der Waals surface area contributed by atoms with Gasteiger partial charge in [-0.1, -0.05) is 13.8 Å². The van der Waals surface area contributed by atoms with Crippen LogP contribution >= 0.6 is 0 Å². The van der Waals surface area contributed by atoms with Crippen LogP contribution in [0.5, 0.6) is 0 Å². The van der Waals surface area contributed by atoms with E-state index in [-0.39, 0.29) is 42.3 Å². The van der Waals surface area contributed by atoms with E-state index in [1.807, 2.05) is 0 Å². The second-order valence-electron chi connectivity index (χ2n) is 7.00. The Morgan fingerprint density at radius 1 is 1.04 bits per heavy atom. The first-order valence-corrected chi connectivity index (χ1v) is 7.82. The van der Waals surface area contributed by atoms with Gasteiger partial charge in [0.05, 0.1) is 6.42 Å². The van der Waals surface area contributed by atoms with Crippen molar-refractivity contribution in [1.82, 2.24) is 4.90 Å². The molecule has 1 amide bonds. The molecular formula is C18H25NO5. The van der Waals surface area contributed by atoms with Gasteiger partial charge in [-0.15, -0.1) is 0 Å². The molecule has 24 heavy (non-hydrogen) atoms. The van der Waals surface area contributed by atoms with Crippen LogP contribution in [0.15, 0.2) is 22.3 Å². The molecule has 1 N–H and O–H groups in total. The zero-order chi connectivity index (χ0) is 18.8. The molecular weight excluding hydrogens is 310 g/mol. The van der Waals surface area contributed by atoms with Gasteiger partial charge in [0.2, 0.25) is 5.91 Å². The second kappa shape index (κ2) is 7.11. The quantitative estimate of drug-likeness (QED) is 0.751. The molecule has 6 nitrogen and oxygen atoms in total. The van der Waals surface area contributed by atoms with Gasteiger partial charge < -0.3 is 10.0 Å². The maximum atomic E-state index is 12.9. The summed E-state index contributed by atoms with van der Waals surface area (Å²) in [6, 6.07) is 0. The molecule has 0 spiro atoms. The van der Waals surface area contributed by atoms with Gasteiger partial charge in [0.25, 0.3) is 0 Å². The number of rotatable bonds is 6. The summed E-state index contributed by atoms with van der Waals surface area (Å²) in [5.74, 6) is -1.73. The molecule has 0 saturated carbocycles. The van der Waals surface area contributed by atoms with Gasteiger partial charge in [0.15, 0.2) is 11.6 Å². The van der Waals surface area contributed by atoms with E-state index < -0.39 is 11.4 Å². The van der Waals surface area contributed by atoms with Gasteiger partial charge in [-0.05, 0) is 20.3 Å². The Balaban J connectivity index is 3.22. The molecule has 0 heterocycles. The Kier molecular flexibility index (Phi) is 5.87. The minimum Gasteiger partial charge on any atom is -0.481 e. The predicted octanol–water partition coefficient (Wildman–Crippen LogP) is 2.14. The first kappa shape index (κ1) is 19.8. The van der Waals surface area contributed by atoms with Crippen LogP contribution < -0.4 is 0 Å². The minimum atomic E-state index is -1.03. The molecule has 0 atom stereocenters. The number of carbonyl (C=O) groups is 4. The fourth-order valence-corrected chi connectivity index (χ4v) is 3.06. The second-order valence-corrected chi connectivity index (χ2v) is 7.00. The van der Waals surface area contributed by atoms with Gasteiger partial charge in [-0.2, -0.15) is 0 Å². The van der Waals surface area contributed by atoms with E-state index in [4.69, 9.17) is 5.11 Å². The summed E-state index contributed by atoms with van der Waals surface area (Å²) >= 11 is 0. The van der Waals surface area contributed by atoms with Crippen molar-refractivity contribution in [3.05, 3.63) is 22.3 Å². The summed E-state index contributed by atoms with van der Waals surface area (Å²) in [6.07, 6.45) is 0.0549. The molecule has 0 aromatic carbocycles. The van der Waals surface area contributed by atoms with E-state index in [0.29, 0.717) is 16.7 Å². The molecule has 1 rings (SSSR count). The molecule has 1 aliphatic rings. The number of nitrogens with zero attached hydrogens (tertiary/aromatic N) is 1.